The molecule has 10 nitrogen and oxygen atoms in total. The van der Waals surface area contributed by atoms with Crippen molar-refractivity contribution in [2.24, 2.45) is 5.92 Å². The zero-order valence-corrected chi connectivity index (χ0v) is 23.3. The molecular weight excluding hydrogens is 584 g/mol. The Labute approximate surface area is 239 Å². The van der Waals surface area contributed by atoms with Gasteiger partial charge in [0.15, 0.2) is 11.5 Å². The Morgan fingerprint density at radius 3 is 2.38 bits per heavy atom. The van der Waals surface area contributed by atoms with Crippen molar-refractivity contribution < 1.29 is 39.5 Å². The fourth-order valence-electron chi connectivity index (χ4n) is 7.48. The molecule has 3 aliphatic carbocycles. The van der Waals surface area contributed by atoms with Crippen LogP contribution in [-0.4, -0.2) is 80.1 Å². The summed E-state index contributed by atoms with van der Waals surface area (Å²) in [5.41, 5.74) is 1.21. The lowest BCUT2D eigenvalue weighted by atomic mass is 9.48. The van der Waals surface area contributed by atoms with Crippen molar-refractivity contribution in [2.45, 2.75) is 67.7 Å². The lowest BCUT2D eigenvalue weighted by molar-refractivity contribution is -0.191. The number of ether oxygens (including phenoxy) is 1. The molecule has 3 fully saturated rings. The Morgan fingerprint density at radius 1 is 1.02 bits per heavy atom. The predicted molar refractivity (Wildman–Crippen MR) is 145 cm³/mol. The first kappa shape index (κ1) is 27.0. The molecular formula is C29H31BrN2O8. The highest BCUT2D eigenvalue weighted by Gasteiger charge is 2.73. The highest BCUT2D eigenvalue weighted by molar-refractivity contribution is 9.10. The number of carboxylic acids is 2. The average molecular weight is 615 g/mol. The SMILES string of the molecule is O=C(N[C@@H]1CC[C@@]2(O)[C@H]3Cc4ccc(O)c5c4[C@@]2(CCN3CC2CC2)[C@H]1O5)c1ccc(Br)cc1.O=C(O)C(=O)O. The molecule has 11 heteroatoms. The molecule has 1 saturated heterocycles. The largest absolute Gasteiger partial charge is 0.504 e. The van der Waals surface area contributed by atoms with Crippen molar-refractivity contribution in [3.63, 3.8) is 0 Å². The van der Waals surface area contributed by atoms with Crippen molar-refractivity contribution >= 4 is 33.8 Å². The highest BCUT2D eigenvalue weighted by Crippen LogP contribution is 2.65. The molecule has 0 unspecified atom stereocenters. The first-order valence-corrected chi connectivity index (χ1v) is 14.4. The van der Waals surface area contributed by atoms with Crippen LogP contribution in [0.3, 0.4) is 0 Å². The second kappa shape index (κ2) is 9.74. The molecule has 5 atom stereocenters. The average Bonchev–Trinajstić information content (AvgIpc) is 3.66. The number of nitrogens with zero attached hydrogens (tertiary/aromatic N) is 1. The van der Waals surface area contributed by atoms with Gasteiger partial charge in [0.05, 0.1) is 17.1 Å². The highest BCUT2D eigenvalue weighted by atomic mass is 79.9. The number of likely N-dealkylation sites (tertiary alicyclic amines) is 1. The number of halogens is 1. The van der Waals surface area contributed by atoms with Crippen molar-refractivity contribution in [3.8, 4) is 11.5 Å². The number of rotatable bonds is 4. The number of phenolic OH excluding ortho intramolecular Hbond substituents is 1. The van der Waals surface area contributed by atoms with Gasteiger partial charge >= 0.3 is 11.9 Å². The third-order valence-electron chi connectivity index (χ3n) is 9.37. The molecule has 5 N–H and O–H groups in total. The number of carboxylic acid groups (broad SMARTS) is 2. The molecule has 5 aliphatic rings. The van der Waals surface area contributed by atoms with Crippen molar-refractivity contribution in [2.75, 3.05) is 13.1 Å². The van der Waals surface area contributed by atoms with E-state index in [1.54, 1.807) is 18.2 Å². The minimum atomic E-state index is -1.82. The summed E-state index contributed by atoms with van der Waals surface area (Å²) < 4.78 is 7.45. The number of nitrogens with one attached hydrogen (secondary N) is 1. The minimum Gasteiger partial charge on any atom is -0.504 e. The number of hydrogen-bond acceptors (Lipinski definition) is 7. The molecule has 2 bridgehead atoms. The summed E-state index contributed by atoms with van der Waals surface area (Å²) in [6, 6.07) is 10.9. The number of amides is 1. The predicted octanol–water partition coefficient (Wildman–Crippen LogP) is 2.67. The summed E-state index contributed by atoms with van der Waals surface area (Å²) in [5.74, 6) is -2.39. The van der Waals surface area contributed by atoms with Crippen LogP contribution in [0.1, 0.15) is 53.6 Å². The van der Waals surface area contributed by atoms with Gasteiger partial charge < -0.3 is 30.5 Å². The van der Waals surface area contributed by atoms with E-state index >= 15 is 0 Å². The molecule has 2 aliphatic heterocycles. The number of hydrogen-bond donors (Lipinski definition) is 5. The normalized spacial score (nSPS) is 31.2. The van der Waals surface area contributed by atoms with Gasteiger partial charge in [-0.3, -0.25) is 9.69 Å². The molecule has 2 aromatic carbocycles. The summed E-state index contributed by atoms with van der Waals surface area (Å²) in [7, 11) is 0. The quantitative estimate of drug-likeness (QED) is 0.327. The zero-order chi connectivity index (χ0) is 28.4. The molecule has 2 saturated carbocycles. The lowest BCUT2D eigenvalue weighted by Crippen LogP contribution is -2.78. The van der Waals surface area contributed by atoms with E-state index in [0.29, 0.717) is 24.2 Å². The van der Waals surface area contributed by atoms with Crippen LogP contribution in [0.2, 0.25) is 0 Å². The molecule has 40 heavy (non-hydrogen) atoms. The zero-order valence-electron chi connectivity index (χ0n) is 21.7. The number of phenols is 1. The maximum absolute atomic E-state index is 13.1. The van der Waals surface area contributed by atoms with E-state index in [9.17, 15) is 15.0 Å². The number of aliphatic hydroxyl groups is 1. The number of piperidine rings is 1. The van der Waals surface area contributed by atoms with Crippen LogP contribution < -0.4 is 10.1 Å². The third-order valence-corrected chi connectivity index (χ3v) is 9.90. The summed E-state index contributed by atoms with van der Waals surface area (Å²) >= 11 is 3.42. The van der Waals surface area contributed by atoms with E-state index in [4.69, 9.17) is 24.5 Å². The summed E-state index contributed by atoms with van der Waals surface area (Å²) in [4.78, 5) is 33.9. The van der Waals surface area contributed by atoms with Gasteiger partial charge in [-0.2, -0.15) is 0 Å². The molecule has 1 amide bonds. The van der Waals surface area contributed by atoms with E-state index in [-0.39, 0.29) is 23.7 Å². The van der Waals surface area contributed by atoms with E-state index in [1.165, 1.54) is 18.4 Å². The number of aromatic hydroxyl groups is 1. The van der Waals surface area contributed by atoms with Gasteiger partial charge in [-0.15, -0.1) is 0 Å². The summed E-state index contributed by atoms with van der Waals surface area (Å²) in [6.07, 6.45) is 4.97. The molecule has 212 valence electrons. The van der Waals surface area contributed by atoms with E-state index in [0.717, 1.165) is 41.9 Å². The minimum absolute atomic E-state index is 0.0408. The van der Waals surface area contributed by atoms with Gasteiger partial charge in [0.25, 0.3) is 5.91 Å². The number of carbonyl (C=O) groups excluding carboxylic acids is 1. The van der Waals surface area contributed by atoms with Crippen molar-refractivity contribution in [1.82, 2.24) is 10.2 Å². The smallest absolute Gasteiger partial charge is 0.414 e. The molecule has 0 radical (unpaired) electrons. The molecule has 0 aromatic heterocycles. The lowest BCUT2D eigenvalue weighted by Gasteiger charge is -2.64. The molecule has 2 aromatic rings. The van der Waals surface area contributed by atoms with Gasteiger partial charge in [-0.05, 0) is 86.9 Å². The van der Waals surface area contributed by atoms with E-state index in [1.807, 2.05) is 18.2 Å². The standard InChI is InChI=1S/C27H29BrN2O4.C2H2O4/c28-18-6-3-16(4-7-18)25(32)29-19-9-10-27(33)21-13-17-5-8-20(31)23-22(17)26(27,24(19)34-23)11-12-30(21)14-15-1-2-15;3-1(4)2(5)6/h3-8,15,19,21,24,31,33H,1-2,9-14H2,(H,29,32);(H,3,4)(H,5,6)/t19-,21-,24+,26+,27-;/m1./s1. The van der Waals surface area contributed by atoms with Gasteiger partial charge in [0.1, 0.15) is 6.10 Å². The van der Waals surface area contributed by atoms with Gasteiger partial charge in [0.2, 0.25) is 0 Å². The topological polar surface area (TPSA) is 157 Å². The van der Waals surface area contributed by atoms with E-state index < -0.39 is 29.1 Å². The Hall–Kier alpha value is -3.15. The van der Waals surface area contributed by atoms with Gasteiger partial charge in [-0.25, -0.2) is 9.59 Å². The monoisotopic (exact) mass is 614 g/mol. The van der Waals surface area contributed by atoms with Crippen LogP contribution in [0.25, 0.3) is 0 Å². The maximum Gasteiger partial charge on any atom is 0.414 e. The number of aliphatic carboxylic acids is 2. The molecule has 2 heterocycles. The first-order chi connectivity index (χ1) is 19.0. The Balaban J connectivity index is 0.000000438. The van der Waals surface area contributed by atoms with Crippen molar-refractivity contribution in [3.05, 3.63) is 57.6 Å². The van der Waals surface area contributed by atoms with Gasteiger partial charge in [-0.1, -0.05) is 22.0 Å². The van der Waals surface area contributed by atoms with Crippen LogP contribution in [0.5, 0.6) is 11.5 Å². The van der Waals surface area contributed by atoms with Crippen LogP contribution >= 0.6 is 15.9 Å². The Bertz CT molecular complexity index is 1370. The Kier molecular flexibility index (Phi) is 6.59. The van der Waals surface area contributed by atoms with Crippen molar-refractivity contribution in [1.29, 1.82) is 0 Å². The van der Waals surface area contributed by atoms with Gasteiger partial charge in [0, 0.05) is 28.2 Å². The number of benzene rings is 2. The summed E-state index contributed by atoms with van der Waals surface area (Å²) in [6.45, 7) is 1.96. The number of carbonyl (C=O) groups is 3. The van der Waals surface area contributed by atoms with Crippen LogP contribution in [-0.2, 0) is 21.4 Å². The van der Waals surface area contributed by atoms with Crippen LogP contribution in [0.4, 0.5) is 0 Å². The fourth-order valence-corrected chi connectivity index (χ4v) is 7.75. The third kappa shape index (κ3) is 4.17. The molecule has 7 rings (SSSR count). The second-order valence-electron chi connectivity index (χ2n) is 11.5. The van der Waals surface area contributed by atoms with E-state index in [2.05, 4.69) is 26.1 Å². The maximum atomic E-state index is 13.1. The fraction of sp³-hybridized carbons (Fsp3) is 0.483. The first-order valence-electron chi connectivity index (χ1n) is 13.6. The molecule has 1 spiro atoms. The summed E-state index contributed by atoms with van der Waals surface area (Å²) in [5, 5.41) is 41.2. The van der Waals surface area contributed by atoms with Crippen LogP contribution in [0, 0.1) is 5.92 Å². The second-order valence-corrected chi connectivity index (χ2v) is 12.4. The van der Waals surface area contributed by atoms with Crippen LogP contribution in [0.15, 0.2) is 40.9 Å². The Morgan fingerprint density at radius 2 is 1.73 bits per heavy atom.